The normalized spacial score (nSPS) is 11.2. The lowest BCUT2D eigenvalue weighted by molar-refractivity contribution is 0.414. The smallest absolute Gasteiger partial charge is 0.188 e. The number of aliphatic imine (C=N–C) groups is 1. The minimum absolute atomic E-state index is 0.503. The Balaban J connectivity index is 1.63. The number of nitrogens with one attached hydrogen (secondary N) is 1. The number of rotatable bonds is 9. The van der Waals surface area contributed by atoms with Gasteiger partial charge in [-0.05, 0) is 54.7 Å². The molecular formula is C20H27N3O2. The molecule has 0 amide bonds. The zero-order valence-corrected chi connectivity index (χ0v) is 15.0. The van der Waals surface area contributed by atoms with Gasteiger partial charge < -0.3 is 20.5 Å². The van der Waals surface area contributed by atoms with E-state index in [1.165, 1.54) is 11.1 Å². The minimum Gasteiger partial charge on any atom is -0.497 e. The van der Waals surface area contributed by atoms with Gasteiger partial charge in [0.2, 0.25) is 0 Å². The number of nitrogens with zero attached hydrogens (tertiary/aromatic N) is 1. The molecule has 0 spiro atoms. The van der Waals surface area contributed by atoms with Crippen molar-refractivity contribution in [2.75, 3.05) is 27.3 Å². The molecule has 2 aromatic rings. The molecule has 0 heterocycles. The molecule has 5 nitrogen and oxygen atoms in total. The maximum atomic E-state index is 5.90. The van der Waals surface area contributed by atoms with Crippen molar-refractivity contribution in [3.63, 3.8) is 0 Å². The summed E-state index contributed by atoms with van der Waals surface area (Å²) in [6.45, 7) is 1.48. The van der Waals surface area contributed by atoms with Gasteiger partial charge in [-0.2, -0.15) is 0 Å². The van der Waals surface area contributed by atoms with Crippen molar-refractivity contribution in [3.05, 3.63) is 59.7 Å². The molecule has 25 heavy (non-hydrogen) atoms. The van der Waals surface area contributed by atoms with Crippen LogP contribution in [-0.4, -0.2) is 33.3 Å². The summed E-state index contributed by atoms with van der Waals surface area (Å²) in [6.07, 6.45) is 2.84. The Morgan fingerprint density at radius 3 is 1.92 bits per heavy atom. The summed E-state index contributed by atoms with van der Waals surface area (Å²) in [4.78, 5) is 4.37. The molecule has 5 heteroatoms. The average molecular weight is 341 g/mol. The Labute approximate surface area is 149 Å². The fraction of sp³-hybridized carbons (Fsp3) is 0.350. The van der Waals surface area contributed by atoms with Gasteiger partial charge in [0.1, 0.15) is 11.5 Å². The highest BCUT2D eigenvalue weighted by molar-refractivity contribution is 5.77. The fourth-order valence-corrected chi connectivity index (χ4v) is 2.46. The zero-order valence-electron chi connectivity index (χ0n) is 15.0. The topological polar surface area (TPSA) is 68.9 Å². The van der Waals surface area contributed by atoms with Gasteiger partial charge >= 0.3 is 0 Å². The van der Waals surface area contributed by atoms with E-state index in [1.807, 2.05) is 24.3 Å². The Bertz CT molecular complexity index is 652. The zero-order chi connectivity index (χ0) is 17.9. The van der Waals surface area contributed by atoms with E-state index in [9.17, 15) is 0 Å². The lowest BCUT2D eigenvalue weighted by Crippen LogP contribution is -2.33. The number of hydrogen-bond donors (Lipinski definition) is 2. The summed E-state index contributed by atoms with van der Waals surface area (Å²) in [5, 5.41) is 3.15. The highest BCUT2D eigenvalue weighted by atomic mass is 16.5. The van der Waals surface area contributed by atoms with Gasteiger partial charge in [-0.15, -0.1) is 0 Å². The van der Waals surface area contributed by atoms with E-state index in [4.69, 9.17) is 15.2 Å². The molecule has 2 aromatic carbocycles. The van der Waals surface area contributed by atoms with E-state index in [2.05, 4.69) is 34.6 Å². The number of hydrogen-bond acceptors (Lipinski definition) is 3. The monoisotopic (exact) mass is 341 g/mol. The van der Waals surface area contributed by atoms with Crippen LogP contribution in [0.25, 0.3) is 0 Å². The Morgan fingerprint density at radius 2 is 1.40 bits per heavy atom. The highest BCUT2D eigenvalue weighted by Gasteiger charge is 1.97. The lowest BCUT2D eigenvalue weighted by atomic mass is 10.1. The van der Waals surface area contributed by atoms with Crippen molar-refractivity contribution >= 4 is 5.96 Å². The maximum absolute atomic E-state index is 5.90. The summed E-state index contributed by atoms with van der Waals surface area (Å²) in [5.41, 5.74) is 8.42. The number of methoxy groups -OCH3 is 2. The SMILES string of the molecule is COc1ccc(CCCN=C(N)NCCc2ccc(OC)cc2)cc1. The second-order valence-corrected chi connectivity index (χ2v) is 5.74. The molecule has 0 saturated carbocycles. The van der Waals surface area contributed by atoms with Gasteiger partial charge in [-0.25, -0.2) is 0 Å². The molecule has 134 valence electrons. The predicted octanol–water partition coefficient (Wildman–Crippen LogP) is 2.78. The van der Waals surface area contributed by atoms with Crippen molar-refractivity contribution in [3.8, 4) is 11.5 Å². The van der Waals surface area contributed by atoms with Gasteiger partial charge in [-0.3, -0.25) is 4.99 Å². The summed E-state index contributed by atoms with van der Waals surface area (Å²) in [5.74, 6) is 2.25. The van der Waals surface area contributed by atoms with Crippen molar-refractivity contribution in [1.29, 1.82) is 0 Å². The average Bonchev–Trinajstić information content (AvgIpc) is 2.66. The molecule has 0 aliphatic carbocycles. The molecule has 0 aromatic heterocycles. The first-order valence-corrected chi connectivity index (χ1v) is 8.51. The van der Waals surface area contributed by atoms with Crippen LogP contribution in [0.5, 0.6) is 11.5 Å². The second kappa shape index (κ2) is 10.2. The van der Waals surface area contributed by atoms with Gasteiger partial charge in [0.05, 0.1) is 14.2 Å². The van der Waals surface area contributed by atoms with Crippen LogP contribution < -0.4 is 20.5 Å². The Kier molecular flexibility index (Phi) is 7.63. The van der Waals surface area contributed by atoms with Crippen molar-refractivity contribution in [2.24, 2.45) is 10.7 Å². The van der Waals surface area contributed by atoms with E-state index in [0.29, 0.717) is 12.5 Å². The van der Waals surface area contributed by atoms with Crippen LogP contribution in [0, 0.1) is 0 Å². The molecule has 0 aliphatic heterocycles. The van der Waals surface area contributed by atoms with Crippen molar-refractivity contribution in [1.82, 2.24) is 5.32 Å². The van der Waals surface area contributed by atoms with Crippen LogP contribution in [0.3, 0.4) is 0 Å². The largest absolute Gasteiger partial charge is 0.497 e. The number of benzene rings is 2. The van der Waals surface area contributed by atoms with Crippen molar-refractivity contribution in [2.45, 2.75) is 19.3 Å². The van der Waals surface area contributed by atoms with E-state index in [0.717, 1.165) is 37.3 Å². The number of nitrogens with two attached hydrogens (primary N) is 1. The van der Waals surface area contributed by atoms with Crippen LogP contribution >= 0.6 is 0 Å². The standard InChI is InChI=1S/C20H27N3O2/c1-24-18-9-5-16(6-10-18)4-3-14-22-20(21)23-15-13-17-7-11-19(25-2)12-8-17/h5-12H,3-4,13-15H2,1-2H3,(H3,21,22,23). The second-order valence-electron chi connectivity index (χ2n) is 5.74. The maximum Gasteiger partial charge on any atom is 0.188 e. The van der Waals surface area contributed by atoms with Crippen LogP contribution in [-0.2, 0) is 12.8 Å². The third-order valence-corrected chi connectivity index (χ3v) is 3.94. The lowest BCUT2D eigenvalue weighted by Gasteiger charge is -2.07. The van der Waals surface area contributed by atoms with Crippen molar-refractivity contribution < 1.29 is 9.47 Å². The Hall–Kier alpha value is -2.69. The fourth-order valence-electron chi connectivity index (χ4n) is 2.46. The number of ether oxygens (including phenoxy) is 2. The molecule has 0 radical (unpaired) electrons. The molecule has 0 atom stereocenters. The van der Waals surface area contributed by atoms with Crippen LogP contribution in [0.4, 0.5) is 0 Å². The molecule has 3 N–H and O–H groups in total. The third-order valence-electron chi connectivity index (χ3n) is 3.94. The van der Waals surface area contributed by atoms with E-state index < -0.39 is 0 Å². The highest BCUT2D eigenvalue weighted by Crippen LogP contribution is 2.12. The van der Waals surface area contributed by atoms with Gasteiger partial charge in [0.25, 0.3) is 0 Å². The summed E-state index contributed by atoms with van der Waals surface area (Å²) < 4.78 is 10.3. The number of guanidine groups is 1. The van der Waals surface area contributed by atoms with Crippen LogP contribution in [0.15, 0.2) is 53.5 Å². The summed E-state index contributed by atoms with van der Waals surface area (Å²) in [7, 11) is 3.34. The molecule has 2 rings (SSSR count). The van der Waals surface area contributed by atoms with E-state index >= 15 is 0 Å². The summed E-state index contributed by atoms with van der Waals surface area (Å²) in [6, 6.07) is 16.2. The molecule has 0 bridgehead atoms. The van der Waals surface area contributed by atoms with Crippen LogP contribution in [0.1, 0.15) is 17.5 Å². The first-order valence-electron chi connectivity index (χ1n) is 8.51. The summed E-state index contributed by atoms with van der Waals surface area (Å²) >= 11 is 0. The molecule has 0 fully saturated rings. The first-order chi connectivity index (χ1) is 12.2. The third kappa shape index (κ3) is 6.75. The molecule has 0 unspecified atom stereocenters. The van der Waals surface area contributed by atoms with Gasteiger partial charge in [0.15, 0.2) is 5.96 Å². The Morgan fingerprint density at radius 1 is 0.880 bits per heavy atom. The minimum atomic E-state index is 0.503. The molecule has 0 aliphatic rings. The first kappa shape index (κ1) is 18.6. The molecule has 0 saturated heterocycles. The predicted molar refractivity (Wildman–Crippen MR) is 103 cm³/mol. The van der Waals surface area contributed by atoms with E-state index in [1.54, 1.807) is 14.2 Å². The number of aryl methyl sites for hydroxylation is 1. The van der Waals surface area contributed by atoms with Gasteiger partial charge in [-0.1, -0.05) is 24.3 Å². The van der Waals surface area contributed by atoms with Crippen LogP contribution in [0.2, 0.25) is 0 Å². The van der Waals surface area contributed by atoms with E-state index in [-0.39, 0.29) is 0 Å². The quantitative estimate of drug-likeness (QED) is 0.418. The van der Waals surface area contributed by atoms with Gasteiger partial charge in [0, 0.05) is 13.1 Å². The molecular weight excluding hydrogens is 314 g/mol.